The third-order valence-electron chi connectivity index (χ3n) is 5.76. The van der Waals surface area contributed by atoms with Gasteiger partial charge in [0, 0.05) is 0 Å². The number of quaternary nitrogens is 1. The van der Waals surface area contributed by atoms with Crippen LogP contribution < -0.4 is 0 Å². The first-order valence-electron chi connectivity index (χ1n) is 12.3. The summed E-state index contributed by atoms with van der Waals surface area (Å²) in [6.07, 6.45) is 25.0. The van der Waals surface area contributed by atoms with Crippen LogP contribution in [0, 0.1) is 0 Å². The zero-order chi connectivity index (χ0) is 19.3. The normalized spacial score (nSPS) is 12.0. The van der Waals surface area contributed by atoms with Crippen molar-refractivity contribution < 1.29 is 3.89 Å². The van der Waals surface area contributed by atoms with Crippen molar-refractivity contribution in [2.45, 2.75) is 136 Å². The third kappa shape index (κ3) is 17.7. The molecule has 0 rings (SSSR count). The minimum absolute atomic E-state index is 0.940. The molecule has 0 radical (unpaired) electrons. The van der Waals surface area contributed by atoms with Gasteiger partial charge >= 0.3 is 0 Å². The molecule has 0 atom stereocenters. The highest BCUT2D eigenvalue weighted by molar-refractivity contribution is 7.52. The highest BCUT2D eigenvalue weighted by atomic mass is 32.1. The molecule has 0 saturated heterocycles. The van der Waals surface area contributed by atoms with E-state index in [1.807, 2.05) is 0 Å². The van der Waals surface area contributed by atoms with Crippen LogP contribution in [-0.2, 0) is 12.8 Å². The Hall–Kier alpha value is 0.310. The summed E-state index contributed by atoms with van der Waals surface area (Å²) in [6.45, 7) is 10.6. The van der Waals surface area contributed by atoms with Gasteiger partial charge in [-0.2, -0.15) is 0 Å². The molecule has 0 aromatic carbocycles. The highest BCUT2D eigenvalue weighted by Gasteiger charge is 2.13. The molecule has 0 unspecified atom stereocenters. The van der Waals surface area contributed by atoms with E-state index in [0.717, 1.165) is 3.89 Å². The molecule has 0 aliphatic carbocycles. The first-order chi connectivity index (χ1) is 12.7. The van der Waals surface area contributed by atoms with E-state index in [-0.39, 0.29) is 0 Å². The number of rotatable bonds is 21. The lowest BCUT2D eigenvalue weighted by molar-refractivity contribution is -0.795. The second kappa shape index (κ2) is 20.1. The molecule has 0 amide bonds. The van der Waals surface area contributed by atoms with Gasteiger partial charge in [0.1, 0.15) is 0 Å². The summed E-state index contributed by atoms with van der Waals surface area (Å²) in [7, 11) is 0. The molecule has 0 aliphatic rings. The lowest BCUT2D eigenvalue weighted by Gasteiger charge is -2.45. The van der Waals surface area contributed by atoms with Gasteiger partial charge in [0.25, 0.3) is 0 Å². The Labute approximate surface area is 172 Å². The predicted molar refractivity (Wildman–Crippen MR) is 122 cm³/mol. The van der Waals surface area contributed by atoms with Crippen LogP contribution in [0.2, 0.25) is 0 Å². The second-order valence-corrected chi connectivity index (χ2v) is 9.31. The van der Waals surface area contributed by atoms with Crippen LogP contribution in [0.25, 0.3) is 0 Å². The molecule has 0 saturated carbocycles. The molecule has 0 N–H and O–H groups in total. The van der Waals surface area contributed by atoms with Crippen molar-refractivity contribution in [2.24, 2.45) is 0 Å². The molecule has 158 valence electrons. The van der Waals surface area contributed by atoms with Gasteiger partial charge in [-0.15, -0.1) is 0 Å². The summed E-state index contributed by atoms with van der Waals surface area (Å²) in [5.74, 6) is 0. The molecule has 0 aliphatic heterocycles. The number of hydrogen-bond donors (Lipinski definition) is 0. The maximum Gasteiger partial charge on any atom is 0.0622 e. The molecule has 0 aromatic heterocycles. The van der Waals surface area contributed by atoms with Gasteiger partial charge in [0.2, 0.25) is 0 Å². The molecule has 26 heavy (non-hydrogen) atoms. The summed E-state index contributed by atoms with van der Waals surface area (Å²) in [5.41, 5.74) is 0. The first-order valence-corrected chi connectivity index (χ1v) is 12.6. The van der Waals surface area contributed by atoms with Crippen LogP contribution >= 0.6 is 0 Å². The van der Waals surface area contributed by atoms with Crippen LogP contribution in [0.1, 0.15) is 136 Å². The van der Waals surface area contributed by atoms with Crippen molar-refractivity contribution in [3.05, 3.63) is 0 Å². The largest absolute Gasteiger partial charge is 0.494 e. The van der Waals surface area contributed by atoms with E-state index in [2.05, 4.69) is 20.8 Å². The molecule has 2 heteroatoms. The molecule has 0 fully saturated rings. The topological polar surface area (TPSA) is 0 Å². The maximum absolute atomic E-state index is 6.14. The van der Waals surface area contributed by atoms with Crippen molar-refractivity contribution in [1.29, 1.82) is 0 Å². The average molecular weight is 386 g/mol. The predicted octanol–water partition coefficient (Wildman–Crippen LogP) is 8.35. The molecule has 0 bridgehead atoms. The second-order valence-electron chi connectivity index (χ2n) is 8.53. The SMILES string of the molecule is CCCCCCCC[N+]([S-])(CCCCCCCC)CCCCCCCC. The Kier molecular flexibility index (Phi) is 20.3. The van der Waals surface area contributed by atoms with Crippen LogP contribution in [0.4, 0.5) is 0 Å². The van der Waals surface area contributed by atoms with Gasteiger partial charge in [-0.1, -0.05) is 97.8 Å². The Bertz CT molecular complexity index is 226. The Morgan fingerprint density at radius 3 is 0.885 bits per heavy atom. The van der Waals surface area contributed by atoms with Crippen molar-refractivity contribution in [2.75, 3.05) is 19.6 Å². The Balaban J connectivity index is 4.02. The van der Waals surface area contributed by atoms with Crippen LogP contribution in [0.15, 0.2) is 0 Å². The summed E-state index contributed by atoms with van der Waals surface area (Å²) in [6, 6.07) is 0. The van der Waals surface area contributed by atoms with Crippen LogP contribution in [0.3, 0.4) is 0 Å². The van der Waals surface area contributed by atoms with Gasteiger partial charge in [-0.25, -0.2) is 0 Å². The summed E-state index contributed by atoms with van der Waals surface area (Å²) in [4.78, 5) is 0. The monoisotopic (exact) mass is 385 g/mol. The van der Waals surface area contributed by atoms with E-state index in [1.54, 1.807) is 0 Å². The lowest BCUT2D eigenvalue weighted by atomic mass is 10.1. The number of hydrogen-bond acceptors (Lipinski definition) is 1. The molecule has 1 nitrogen and oxygen atoms in total. The van der Waals surface area contributed by atoms with E-state index in [0.29, 0.717) is 0 Å². The van der Waals surface area contributed by atoms with Crippen molar-refractivity contribution in [3.8, 4) is 0 Å². The Morgan fingerprint density at radius 1 is 0.385 bits per heavy atom. The molecule has 0 heterocycles. The first kappa shape index (κ1) is 26.3. The number of nitrogens with zero attached hydrogens (tertiary/aromatic N) is 1. The fourth-order valence-corrected chi connectivity index (χ4v) is 4.26. The number of unbranched alkanes of at least 4 members (excludes halogenated alkanes) is 15. The van der Waals surface area contributed by atoms with Gasteiger partial charge in [-0.05, 0) is 38.5 Å². The van der Waals surface area contributed by atoms with Gasteiger partial charge in [-0.3, -0.25) is 0 Å². The van der Waals surface area contributed by atoms with E-state index in [9.17, 15) is 0 Å². The minimum Gasteiger partial charge on any atom is -0.494 e. The maximum atomic E-state index is 6.14. The van der Waals surface area contributed by atoms with Crippen molar-refractivity contribution >= 4 is 12.8 Å². The van der Waals surface area contributed by atoms with E-state index >= 15 is 0 Å². The molecular weight excluding hydrogens is 334 g/mol. The summed E-state index contributed by atoms with van der Waals surface area (Å²) >= 11 is 6.14. The zero-order valence-corrected chi connectivity index (χ0v) is 19.5. The van der Waals surface area contributed by atoms with Crippen molar-refractivity contribution in [3.63, 3.8) is 0 Å². The Morgan fingerprint density at radius 2 is 0.615 bits per heavy atom. The highest BCUT2D eigenvalue weighted by Crippen LogP contribution is 2.16. The third-order valence-corrected chi connectivity index (χ3v) is 6.31. The molecular formula is C24H51NS. The van der Waals surface area contributed by atoms with Crippen LogP contribution in [-0.4, -0.2) is 23.5 Å². The fourth-order valence-electron chi connectivity index (χ4n) is 3.88. The average Bonchev–Trinajstić information content (AvgIpc) is 2.64. The smallest absolute Gasteiger partial charge is 0.0622 e. The van der Waals surface area contributed by atoms with E-state index in [1.165, 1.54) is 135 Å². The van der Waals surface area contributed by atoms with E-state index < -0.39 is 0 Å². The minimum atomic E-state index is 0.940. The lowest BCUT2D eigenvalue weighted by Crippen LogP contribution is -2.44. The standard InChI is InChI=1S/C24H51NS/c1-4-7-10-13-16-19-22-25(26,23-20-17-14-11-8-5-2)24-21-18-15-12-9-6-3/h4-24H2,1-3H3. The van der Waals surface area contributed by atoms with Crippen molar-refractivity contribution in [1.82, 2.24) is 0 Å². The van der Waals surface area contributed by atoms with Crippen LogP contribution in [0.5, 0.6) is 0 Å². The fraction of sp³-hybridized carbons (Fsp3) is 1.00. The summed E-state index contributed by atoms with van der Waals surface area (Å²) < 4.78 is 0.940. The quantitative estimate of drug-likeness (QED) is 0.109. The van der Waals surface area contributed by atoms with Gasteiger partial charge < -0.3 is 16.7 Å². The van der Waals surface area contributed by atoms with Gasteiger partial charge in [0.15, 0.2) is 0 Å². The zero-order valence-electron chi connectivity index (χ0n) is 18.7. The van der Waals surface area contributed by atoms with Gasteiger partial charge in [0.05, 0.1) is 19.6 Å². The molecule has 0 spiro atoms. The van der Waals surface area contributed by atoms with E-state index in [4.69, 9.17) is 12.8 Å². The summed E-state index contributed by atoms with van der Waals surface area (Å²) in [5, 5.41) is 0. The molecule has 0 aromatic rings.